The van der Waals surface area contributed by atoms with Crippen molar-refractivity contribution >= 4 is 11.8 Å². The maximum atomic E-state index is 11.8. The number of likely N-dealkylation sites (tertiary alicyclic amines) is 1. The summed E-state index contributed by atoms with van der Waals surface area (Å²) in [5, 5.41) is 6.08. The van der Waals surface area contributed by atoms with Gasteiger partial charge in [-0.15, -0.1) is 0 Å². The van der Waals surface area contributed by atoms with E-state index >= 15 is 0 Å². The molecule has 0 aromatic carbocycles. The van der Waals surface area contributed by atoms with Gasteiger partial charge in [-0.2, -0.15) is 0 Å². The minimum absolute atomic E-state index is 0.0224. The van der Waals surface area contributed by atoms with E-state index in [2.05, 4.69) is 24.5 Å². The molecule has 1 atom stereocenters. The van der Waals surface area contributed by atoms with Gasteiger partial charge in [0.2, 0.25) is 11.8 Å². The first-order valence-electron chi connectivity index (χ1n) is 6.27. The first-order chi connectivity index (χ1) is 7.99. The lowest BCUT2D eigenvalue weighted by Gasteiger charge is -2.17. The molecule has 17 heavy (non-hydrogen) atoms. The van der Waals surface area contributed by atoms with Crippen LogP contribution in [0.2, 0.25) is 0 Å². The molecule has 5 heteroatoms. The smallest absolute Gasteiger partial charge is 0.223 e. The SMILES string of the molecule is CC(=O)NC1CCN(C(=O)CCNC(C)C)C1. The van der Waals surface area contributed by atoms with E-state index in [1.807, 2.05) is 4.90 Å². The van der Waals surface area contributed by atoms with E-state index in [0.29, 0.717) is 19.0 Å². The van der Waals surface area contributed by atoms with Crippen LogP contribution in [0.4, 0.5) is 0 Å². The molecule has 98 valence electrons. The Morgan fingerprint density at radius 2 is 2.12 bits per heavy atom. The summed E-state index contributed by atoms with van der Waals surface area (Å²) in [7, 11) is 0. The highest BCUT2D eigenvalue weighted by Gasteiger charge is 2.25. The number of carbonyl (C=O) groups excluding carboxylic acids is 2. The number of amides is 2. The quantitative estimate of drug-likeness (QED) is 0.718. The monoisotopic (exact) mass is 241 g/mol. The third-order valence-corrected chi connectivity index (χ3v) is 2.84. The van der Waals surface area contributed by atoms with Crippen LogP contribution in [-0.4, -0.2) is 48.4 Å². The third-order valence-electron chi connectivity index (χ3n) is 2.84. The van der Waals surface area contributed by atoms with E-state index in [1.165, 1.54) is 6.92 Å². The fourth-order valence-electron chi connectivity index (χ4n) is 2.02. The number of hydrogen-bond donors (Lipinski definition) is 2. The first kappa shape index (κ1) is 14.0. The molecule has 2 N–H and O–H groups in total. The Kier molecular flexibility index (Phi) is 5.41. The summed E-state index contributed by atoms with van der Waals surface area (Å²) in [6.45, 7) is 7.76. The highest BCUT2D eigenvalue weighted by Crippen LogP contribution is 2.10. The zero-order valence-electron chi connectivity index (χ0n) is 11.0. The van der Waals surface area contributed by atoms with E-state index in [4.69, 9.17) is 0 Å². The van der Waals surface area contributed by atoms with Gasteiger partial charge in [-0.05, 0) is 6.42 Å². The van der Waals surface area contributed by atoms with Gasteiger partial charge in [-0.25, -0.2) is 0 Å². The molecule has 0 bridgehead atoms. The fraction of sp³-hybridized carbons (Fsp3) is 0.833. The Morgan fingerprint density at radius 3 is 2.71 bits per heavy atom. The van der Waals surface area contributed by atoms with E-state index < -0.39 is 0 Å². The molecule has 5 nitrogen and oxygen atoms in total. The third kappa shape index (κ3) is 5.17. The normalized spacial score (nSPS) is 19.8. The Bertz CT molecular complexity index is 279. The molecule has 1 saturated heterocycles. The van der Waals surface area contributed by atoms with Gasteiger partial charge in [-0.3, -0.25) is 9.59 Å². The largest absolute Gasteiger partial charge is 0.352 e. The average Bonchev–Trinajstić information content (AvgIpc) is 2.64. The molecule has 1 aliphatic heterocycles. The number of hydrogen-bond acceptors (Lipinski definition) is 3. The number of nitrogens with one attached hydrogen (secondary N) is 2. The van der Waals surface area contributed by atoms with Crippen molar-refractivity contribution in [3.05, 3.63) is 0 Å². The maximum Gasteiger partial charge on any atom is 0.223 e. The minimum Gasteiger partial charge on any atom is -0.352 e. The van der Waals surface area contributed by atoms with Crippen LogP contribution >= 0.6 is 0 Å². The van der Waals surface area contributed by atoms with Gasteiger partial charge in [-0.1, -0.05) is 13.8 Å². The fourth-order valence-corrected chi connectivity index (χ4v) is 2.02. The van der Waals surface area contributed by atoms with Crippen molar-refractivity contribution in [2.45, 2.75) is 45.7 Å². The molecule has 1 aliphatic rings. The Labute approximate surface area is 103 Å². The summed E-state index contributed by atoms with van der Waals surface area (Å²) in [6.07, 6.45) is 1.40. The molecule has 1 rings (SSSR count). The second-order valence-electron chi connectivity index (χ2n) is 4.88. The van der Waals surface area contributed by atoms with Crippen LogP contribution in [0.15, 0.2) is 0 Å². The van der Waals surface area contributed by atoms with Gasteiger partial charge >= 0.3 is 0 Å². The Hall–Kier alpha value is -1.10. The molecule has 1 unspecified atom stereocenters. The summed E-state index contributed by atoms with van der Waals surface area (Å²) in [4.78, 5) is 24.6. The van der Waals surface area contributed by atoms with Gasteiger partial charge in [0.05, 0.1) is 0 Å². The van der Waals surface area contributed by atoms with Gasteiger partial charge in [0.25, 0.3) is 0 Å². The molecule has 0 spiro atoms. The van der Waals surface area contributed by atoms with Crippen molar-refractivity contribution in [1.29, 1.82) is 0 Å². The van der Waals surface area contributed by atoms with Crippen LogP contribution in [-0.2, 0) is 9.59 Å². The van der Waals surface area contributed by atoms with Crippen molar-refractivity contribution in [2.75, 3.05) is 19.6 Å². The van der Waals surface area contributed by atoms with Crippen LogP contribution in [0.1, 0.15) is 33.6 Å². The van der Waals surface area contributed by atoms with Crippen molar-refractivity contribution < 1.29 is 9.59 Å². The zero-order valence-corrected chi connectivity index (χ0v) is 11.0. The van der Waals surface area contributed by atoms with Gasteiger partial charge in [0.15, 0.2) is 0 Å². The Morgan fingerprint density at radius 1 is 1.41 bits per heavy atom. The molecule has 0 saturated carbocycles. The molecule has 2 amide bonds. The molecule has 1 fully saturated rings. The molecule has 0 aromatic rings. The summed E-state index contributed by atoms with van der Waals surface area (Å²) < 4.78 is 0. The zero-order chi connectivity index (χ0) is 12.8. The number of rotatable bonds is 5. The highest BCUT2D eigenvalue weighted by molar-refractivity contribution is 5.77. The van der Waals surface area contributed by atoms with Crippen molar-refractivity contribution in [1.82, 2.24) is 15.5 Å². The van der Waals surface area contributed by atoms with Crippen LogP contribution in [0.25, 0.3) is 0 Å². The van der Waals surface area contributed by atoms with E-state index in [9.17, 15) is 9.59 Å². The van der Waals surface area contributed by atoms with Crippen LogP contribution in [0.5, 0.6) is 0 Å². The number of carbonyl (C=O) groups is 2. The van der Waals surface area contributed by atoms with Crippen LogP contribution in [0, 0.1) is 0 Å². The van der Waals surface area contributed by atoms with Gasteiger partial charge < -0.3 is 15.5 Å². The number of nitrogens with zero attached hydrogens (tertiary/aromatic N) is 1. The minimum atomic E-state index is -0.0224. The van der Waals surface area contributed by atoms with Crippen molar-refractivity contribution in [3.8, 4) is 0 Å². The lowest BCUT2D eigenvalue weighted by Crippen LogP contribution is -2.38. The molecule has 0 aromatic heterocycles. The lowest BCUT2D eigenvalue weighted by atomic mass is 10.2. The van der Waals surface area contributed by atoms with Crippen LogP contribution in [0.3, 0.4) is 0 Å². The van der Waals surface area contributed by atoms with E-state index in [-0.39, 0.29) is 17.9 Å². The maximum absolute atomic E-state index is 11.8. The van der Waals surface area contributed by atoms with E-state index in [0.717, 1.165) is 19.5 Å². The topological polar surface area (TPSA) is 61.4 Å². The van der Waals surface area contributed by atoms with Crippen molar-refractivity contribution in [3.63, 3.8) is 0 Å². The summed E-state index contributed by atoms with van der Waals surface area (Å²) in [5.74, 6) is 0.150. The van der Waals surface area contributed by atoms with Crippen molar-refractivity contribution in [2.24, 2.45) is 0 Å². The molecule has 1 heterocycles. The second kappa shape index (κ2) is 6.59. The van der Waals surface area contributed by atoms with Crippen LogP contribution < -0.4 is 10.6 Å². The standard InChI is InChI=1S/C12H23N3O2/c1-9(2)13-6-4-12(17)15-7-5-11(8-15)14-10(3)16/h9,11,13H,4-8H2,1-3H3,(H,14,16). The molecule has 0 radical (unpaired) electrons. The second-order valence-corrected chi connectivity index (χ2v) is 4.88. The average molecular weight is 241 g/mol. The van der Waals surface area contributed by atoms with Gasteiger partial charge in [0, 0.05) is 45.1 Å². The summed E-state index contributed by atoms with van der Waals surface area (Å²) in [5.41, 5.74) is 0. The Balaban J connectivity index is 2.23. The first-order valence-corrected chi connectivity index (χ1v) is 6.27. The molecular formula is C12H23N3O2. The summed E-state index contributed by atoms with van der Waals surface area (Å²) >= 11 is 0. The lowest BCUT2D eigenvalue weighted by molar-refractivity contribution is -0.130. The molecule has 0 aliphatic carbocycles. The predicted molar refractivity (Wildman–Crippen MR) is 66.6 cm³/mol. The molecular weight excluding hydrogens is 218 g/mol. The van der Waals surface area contributed by atoms with Gasteiger partial charge in [0.1, 0.15) is 0 Å². The summed E-state index contributed by atoms with van der Waals surface area (Å²) in [6, 6.07) is 0.544. The predicted octanol–water partition coefficient (Wildman–Crippen LogP) is 0.112. The van der Waals surface area contributed by atoms with E-state index in [1.54, 1.807) is 0 Å². The highest BCUT2D eigenvalue weighted by atomic mass is 16.2.